The molecule has 2 aromatic rings. The van der Waals surface area contributed by atoms with Gasteiger partial charge in [0.1, 0.15) is 5.75 Å². The molecule has 0 heterocycles. The normalized spacial score (nSPS) is 14.8. The molecule has 2 rings (SSSR count). The van der Waals surface area contributed by atoms with Crippen LogP contribution in [-0.4, -0.2) is 28.5 Å². The quantitative estimate of drug-likeness (QED) is 0.431. The Kier molecular flexibility index (Phi) is 9.09. The summed E-state index contributed by atoms with van der Waals surface area (Å²) in [5.74, 6) is -0.857. The first-order chi connectivity index (χ1) is 14.4. The summed E-state index contributed by atoms with van der Waals surface area (Å²) in [5.41, 5.74) is 2.42. The van der Waals surface area contributed by atoms with Gasteiger partial charge in [-0.3, -0.25) is 0 Å². The first-order valence-electron chi connectivity index (χ1n) is 10.2. The molecule has 0 unspecified atom stereocenters. The average molecular weight is 415 g/mol. The van der Waals surface area contributed by atoms with Crippen LogP contribution in [0.15, 0.2) is 60.7 Å². The smallest absolute Gasteiger partial charge is 0.165 e. The van der Waals surface area contributed by atoms with Gasteiger partial charge in [-0.1, -0.05) is 49.3 Å². The fourth-order valence-electron chi connectivity index (χ4n) is 3.48. The number of aliphatic hydroxyl groups excluding tert-OH is 2. The number of aliphatic hydroxyl groups is 2. The Labute approximate surface area is 178 Å². The minimum absolute atomic E-state index is 0.374. The monoisotopic (exact) mass is 414 g/mol. The summed E-state index contributed by atoms with van der Waals surface area (Å²) >= 11 is 0. The van der Waals surface area contributed by atoms with E-state index in [1.807, 2.05) is 6.08 Å². The van der Waals surface area contributed by atoms with Gasteiger partial charge in [0, 0.05) is 5.92 Å². The van der Waals surface area contributed by atoms with Gasteiger partial charge in [0.2, 0.25) is 0 Å². The second-order valence-electron chi connectivity index (χ2n) is 7.40. The first kappa shape index (κ1) is 23.6. The number of methoxy groups -OCH3 is 1. The van der Waals surface area contributed by atoms with Crippen LogP contribution in [-0.2, 0) is 0 Å². The predicted octanol–water partition coefficient (Wildman–Crippen LogP) is 5.40. The molecule has 0 saturated carbocycles. The number of hydrogen-bond acceptors (Lipinski definition) is 4. The van der Waals surface area contributed by atoms with Gasteiger partial charge in [0.15, 0.2) is 11.6 Å². The Morgan fingerprint density at radius 2 is 1.83 bits per heavy atom. The molecule has 0 aliphatic rings. The molecule has 3 N–H and O–H groups in total. The molecule has 0 amide bonds. The Morgan fingerprint density at radius 1 is 1.13 bits per heavy atom. The summed E-state index contributed by atoms with van der Waals surface area (Å²) in [6.45, 7) is 5.84. The fraction of sp³-hybridized carbons (Fsp3) is 0.360. The molecule has 0 spiro atoms. The van der Waals surface area contributed by atoms with Gasteiger partial charge in [-0.15, -0.1) is 6.58 Å². The van der Waals surface area contributed by atoms with E-state index in [4.69, 9.17) is 4.74 Å². The molecule has 0 aromatic heterocycles. The summed E-state index contributed by atoms with van der Waals surface area (Å²) in [6, 6.07) is 11.4. The molecule has 0 aliphatic heterocycles. The number of halogens is 1. The minimum atomic E-state index is -0.881. The van der Waals surface area contributed by atoms with E-state index < -0.39 is 23.9 Å². The lowest BCUT2D eigenvalue weighted by Gasteiger charge is -2.25. The maximum absolute atomic E-state index is 13.6. The van der Waals surface area contributed by atoms with Crippen LogP contribution < -0.4 is 4.74 Å². The van der Waals surface area contributed by atoms with Gasteiger partial charge in [-0.2, -0.15) is 0 Å². The van der Waals surface area contributed by atoms with Crippen LogP contribution in [0.25, 0.3) is 6.08 Å². The van der Waals surface area contributed by atoms with Gasteiger partial charge in [0.05, 0.1) is 19.3 Å². The highest BCUT2D eigenvalue weighted by Gasteiger charge is 2.25. The van der Waals surface area contributed by atoms with Gasteiger partial charge in [-0.05, 0) is 54.7 Å². The van der Waals surface area contributed by atoms with Crippen molar-refractivity contribution in [2.45, 2.75) is 44.8 Å². The maximum atomic E-state index is 13.6. The molecule has 0 radical (unpaired) electrons. The van der Waals surface area contributed by atoms with Crippen LogP contribution in [0.1, 0.15) is 49.8 Å². The molecule has 4 nitrogen and oxygen atoms in total. The molecule has 0 aliphatic carbocycles. The van der Waals surface area contributed by atoms with Crippen LogP contribution in [0, 0.1) is 11.7 Å². The lowest BCUT2D eigenvalue weighted by molar-refractivity contribution is 0.0318. The van der Waals surface area contributed by atoms with E-state index in [0.717, 1.165) is 18.4 Å². The summed E-state index contributed by atoms with van der Waals surface area (Å²) in [7, 11) is 1.58. The molecular formula is C25H31FO4. The second kappa shape index (κ2) is 11.5. The Hall–Kier alpha value is -2.63. The van der Waals surface area contributed by atoms with Crippen molar-refractivity contribution in [3.63, 3.8) is 0 Å². The molecule has 0 bridgehead atoms. The van der Waals surface area contributed by atoms with E-state index >= 15 is 0 Å². The summed E-state index contributed by atoms with van der Waals surface area (Å²) < 4.78 is 18.8. The number of rotatable bonds is 11. The molecular weight excluding hydrogens is 383 g/mol. The Bertz CT molecular complexity index is 845. The number of benzene rings is 2. The molecule has 162 valence electrons. The molecule has 5 heteroatoms. The fourth-order valence-corrected chi connectivity index (χ4v) is 3.48. The zero-order chi connectivity index (χ0) is 22.1. The molecule has 0 fully saturated rings. The number of phenolic OH excluding ortho intramolecular Hbond substituents is 1. The maximum Gasteiger partial charge on any atom is 0.165 e. The molecule has 3 atom stereocenters. The average Bonchev–Trinajstić information content (AvgIpc) is 2.75. The largest absolute Gasteiger partial charge is 0.505 e. The van der Waals surface area contributed by atoms with Crippen molar-refractivity contribution in [3.05, 3.63) is 77.6 Å². The van der Waals surface area contributed by atoms with Crippen LogP contribution in [0.3, 0.4) is 0 Å². The van der Waals surface area contributed by atoms with Gasteiger partial charge < -0.3 is 20.1 Å². The van der Waals surface area contributed by atoms with Crippen molar-refractivity contribution in [2.75, 3.05) is 7.11 Å². The Morgan fingerprint density at radius 3 is 2.40 bits per heavy atom. The van der Waals surface area contributed by atoms with E-state index in [9.17, 15) is 19.7 Å². The van der Waals surface area contributed by atoms with Crippen molar-refractivity contribution >= 4 is 6.08 Å². The van der Waals surface area contributed by atoms with Gasteiger partial charge >= 0.3 is 0 Å². The van der Waals surface area contributed by atoms with Gasteiger partial charge in [0.25, 0.3) is 0 Å². The minimum Gasteiger partial charge on any atom is -0.505 e. The highest BCUT2D eigenvalue weighted by molar-refractivity contribution is 5.54. The lowest BCUT2D eigenvalue weighted by Crippen LogP contribution is -2.25. The molecule has 2 aromatic carbocycles. The topological polar surface area (TPSA) is 69.9 Å². The van der Waals surface area contributed by atoms with Gasteiger partial charge in [-0.25, -0.2) is 4.39 Å². The third kappa shape index (κ3) is 6.44. The number of hydrogen-bond donors (Lipinski definition) is 3. The summed E-state index contributed by atoms with van der Waals surface area (Å²) in [5, 5.41) is 30.8. The number of phenols is 1. The number of ether oxygens (including phenoxy) is 1. The van der Waals surface area contributed by atoms with Crippen LogP contribution in [0.4, 0.5) is 4.39 Å². The van der Waals surface area contributed by atoms with Crippen molar-refractivity contribution in [2.24, 2.45) is 5.92 Å². The summed E-state index contributed by atoms with van der Waals surface area (Å²) in [4.78, 5) is 0. The van der Waals surface area contributed by atoms with Crippen LogP contribution >= 0.6 is 0 Å². The van der Waals surface area contributed by atoms with E-state index in [1.54, 1.807) is 43.5 Å². The van der Waals surface area contributed by atoms with E-state index in [1.165, 1.54) is 12.1 Å². The molecule has 30 heavy (non-hydrogen) atoms. The van der Waals surface area contributed by atoms with Crippen molar-refractivity contribution in [3.8, 4) is 11.5 Å². The third-order valence-corrected chi connectivity index (χ3v) is 5.21. The SMILES string of the molecule is C=C[C@H]([C@H](O)CC/C(=C/c1ccc(O)c(F)c1)CCC)[C@H](O)c1ccc(OC)cc1. The lowest BCUT2D eigenvalue weighted by atomic mass is 9.87. The highest BCUT2D eigenvalue weighted by Crippen LogP contribution is 2.30. The van der Waals surface area contributed by atoms with Crippen LogP contribution in [0.5, 0.6) is 11.5 Å². The standard InChI is InChI=1S/C25H31FO4/c1-4-6-17(15-18-8-14-24(28)22(26)16-18)7-13-23(27)21(5-2)25(29)19-9-11-20(30-3)12-10-19/h5,8-12,14-16,21,23,25,27-29H,2,4,6-7,13H2,1,3H3/b17-15+/t21-,23-,25-/m1/s1. The Balaban J connectivity index is 2.07. The zero-order valence-electron chi connectivity index (χ0n) is 17.6. The van der Waals surface area contributed by atoms with Crippen molar-refractivity contribution in [1.29, 1.82) is 0 Å². The molecule has 0 saturated heterocycles. The highest BCUT2D eigenvalue weighted by atomic mass is 19.1. The summed E-state index contributed by atoms with van der Waals surface area (Å²) in [6.07, 6.45) is 4.59. The zero-order valence-corrected chi connectivity index (χ0v) is 17.6. The van der Waals surface area contributed by atoms with Crippen molar-refractivity contribution in [1.82, 2.24) is 0 Å². The third-order valence-electron chi connectivity index (χ3n) is 5.21. The predicted molar refractivity (Wildman–Crippen MR) is 118 cm³/mol. The second-order valence-corrected chi connectivity index (χ2v) is 7.40. The number of allylic oxidation sites excluding steroid dienone is 1. The van der Waals surface area contributed by atoms with E-state index in [2.05, 4.69) is 13.5 Å². The number of aromatic hydroxyl groups is 1. The first-order valence-corrected chi connectivity index (χ1v) is 10.2. The van der Waals surface area contributed by atoms with E-state index in [0.29, 0.717) is 29.7 Å². The van der Waals surface area contributed by atoms with E-state index in [-0.39, 0.29) is 5.75 Å². The van der Waals surface area contributed by atoms with Crippen LogP contribution in [0.2, 0.25) is 0 Å². The van der Waals surface area contributed by atoms with Crippen molar-refractivity contribution < 1.29 is 24.4 Å².